The van der Waals surface area contributed by atoms with E-state index in [1.807, 2.05) is 0 Å². The second kappa shape index (κ2) is 5.33. The number of halogens is 1. The van der Waals surface area contributed by atoms with Gasteiger partial charge in [0.05, 0.1) is 0 Å². The van der Waals surface area contributed by atoms with E-state index < -0.39 is 11.6 Å². The van der Waals surface area contributed by atoms with E-state index in [0.29, 0.717) is 5.75 Å². The van der Waals surface area contributed by atoms with Crippen molar-refractivity contribution >= 4 is 5.97 Å². The van der Waals surface area contributed by atoms with Crippen LogP contribution in [0, 0.1) is 5.82 Å². The van der Waals surface area contributed by atoms with Crippen molar-refractivity contribution in [1.29, 1.82) is 0 Å². The number of hydrogen-bond acceptors (Lipinski definition) is 2. The number of ether oxygens (including phenoxy) is 1. The third-order valence-electron chi connectivity index (χ3n) is 2.90. The zero-order valence-electron chi connectivity index (χ0n) is 11.3. The Kier molecular flexibility index (Phi) is 3.74. The molecule has 4 heteroatoms. The second-order valence-corrected chi connectivity index (χ2v) is 4.95. The molecular weight excluding hydrogens is 259 g/mol. The van der Waals surface area contributed by atoms with Crippen LogP contribution in [0.3, 0.4) is 0 Å². The lowest BCUT2D eigenvalue weighted by molar-refractivity contribution is -0.152. The van der Waals surface area contributed by atoms with Crippen molar-refractivity contribution in [3.63, 3.8) is 0 Å². The van der Waals surface area contributed by atoms with Gasteiger partial charge in [-0.15, -0.1) is 0 Å². The summed E-state index contributed by atoms with van der Waals surface area (Å²) in [4.78, 5) is 11.0. The number of carboxylic acids is 1. The third kappa shape index (κ3) is 3.15. The average molecular weight is 274 g/mol. The van der Waals surface area contributed by atoms with Crippen LogP contribution in [0.2, 0.25) is 0 Å². The molecule has 0 atom stereocenters. The molecule has 0 amide bonds. The number of carboxylic acid groups (broad SMARTS) is 1. The molecule has 0 heterocycles. The standard InChI is InChI=1S/C16H15FO3/c1-16(2,15(18)19)20-14-8-6-11(7-9-14)12-4-3-5-13(17)10-12/h3-10H,1-2H3,(H,18,19). The molecule has 0 aliphatic heterocycles. The summed E-state index contributed by atoms with van der Waals surface area (Å²) in [6, 6.07) is 13.1. The molecule has 1 N–H and O–H groups in total. The molecule has 0 aromatic heterocycles. The molecule has 2 rings (SSSR count). The molecule has 0 unspecified atom stereocenters. The summed E-state index contributed by atoms with van der Waals surface area (Å²) in [6.07, 6.45) is 0. The number of carbonyl (C=O) groups is 1. The Balaban J connectivity index is 2.21. The first kappa shape index (κ1) is 14.1. The normalized spacial score (nSPS) is 11.2. The first-order valence-corrected chi connectivity index (χ1v) is 6.17. The van der Waals surface area contributed by atoms with E-state index in [-0.39, 0.29) is 5.82 Å². The first-order chi connectivity index (χ1) is 9.38. The van der Waals surface area contributed by atoms with Gasteiger partial charge in [-0.2, -0.15) is 0 Å². The fourth-order valence-electron chi connectivity index (χ4n) is 1.72. The van der Waals surface area contributed by atoms with Crippen molar-refractivity contribution in [2.45, 2.75) is 19.4 Å². The van der Waals surface area contributed by atoms with Crippen LogP contribution < -0.4 is 4.74 Å². The van der Waals surface area contributed by atoms with Crippen LogP contribution in [0.5, 0.6) is 5.75 Å². The minimum atomic E-state index is -1.29. The lowest BCUT2D eigenvalue weighted by Crippen LogP contribution is -2.37. The first-order valence-electron chi connectivity index (χ1n) is 6.17. The molecule has 2 aromatic carbocycles. The Hall–Kier alpha value is -2.36. The lowest BCUT2D eigenvalue weighted by atomic mass is 10.1. The Morgan fingerprint density at radius 2 is 1.75 bits per heavy atom. The maximum absolute atomic E-state index is 13.2. The summed E-state index contributed by atoms with van der Waals surface area (Å²) in [5.41, 5.74) is 0.305. The molecule has 0 aliphatic carbocycles. The van der Waals surface area contributed by atoms with E-state index in [1.54, 1.807) is 36.4 Å². The van der Waals surface area contributed by atoms with Gasteiger partial charge in [0.2, 0.25) is 0 Å². The fourth-order valence-corrected chi connectivity index (χ4v) is 1.72. The molecule has 104 valence electrons. The highest BCUT2D eigenvalue weighted by atomic mass is 19.1. The van der Waals surface area contributed by atoms with Gasteiger partial charge in [0.1, 0.15) is 11.6 Å². The van der Waals surface area contributed by atoms with Crippen LogP contribution in [-0.4, -0.2) is 16.7 Å². The highest BCUT2D eigenvalue weighted by Gasteiger charge is 2.29. The smallest absolute Gasteiger partial charge is 0.347 e. The molecular formula is C16H15FO3. The van der Waals surface area contributed by atoms with Gasteiger partial charge < -0.3 is 9.84 Å². The predicted octanol–water partition coefficient (Wildman–Crippen LogP) is 3.73. The topological polar surface area (TPSA) is 46.5 Å². The van der Waals surface area contributed by atoms with E-state index in [0.717, 1.165) is 11.1 Å². The van der Waals surface area contributed by atoms with Crippen LogP contribution in [0.25, 0.3) is 11.1 Å². The van der Waals surface area contributed by atoms with Gasteiger partial charge in [-0.05, 0) is 49.2 Å². The molecule has 0 spiro atoms. The van der Waals surface area contributed by atoms with Gasteiger partial charge in [0, 0.05) is 0 Å². The quantitative estimate of drug-likeness (QED) is 0.924. The van der Waals surface area contributed by atoms with Crippen molar-refractivity contribution in [2.24, 2.45) is 0 Å². The van der Waals surface area contributed by atoms with E-state index in [9.17, 15) is 9.18 Å². The van der Waals surface area contributed by atoms with Gasteiger partial charge in [-0.25, -0.2) is 9.18 Å². The zero-order chi connectivity index (χ0) is 14.8. The molecule has 0 saturated heterocycles. The molecule has 0 saturated carbocycles. The fraction of sp³-hybridized carbons (Fsp3) is 0.188. The van der Waals surface area contributed by atoms with Crippen LogP contribution in [-0.2, 0) is 4.79 Å². The number of benzene rings is 2. The second-order valence-electron chi connectivity index (χ2n) is 4.95. The Morgan fingerprint density at radius 1 is 1.10 bits per heavy atom. The minimum Gasteiger partial charge on any atom is -0.478 e. The van der Waals surface area contributed by atoms with E-state index in [1.165, 1.54) is 26.0 Å². The summed E-state index contributed by atoms with van der Waals surface area (Å²) in [7, 11) is 0. The summed E-state index contributed by atoms with van der Waals surface area (Å²) in [5.74, 6) is -0.876. The minimum absolute atomic E-state index is 0.296. The maximum atomic E-state index is 13.2. The van der Waals surface area contributed by atoms with Crippen molar-refractivity contribution < 1.29 is 19.0 Å². The van der Waals surface area contributed by atoms with Crippen LogP contribution in [0.1, 0.15) is 13.8 Å². The summed E-state index contributed by atoms with van der Waals surface area (Å²) in [5, 5.41) is 9.00. The monoisotopic (exact) mass is 274 g/mol. The molecule has 3 nitrogen and oxygen atoms in total. The van der Waals surface area contributed by atoms with Gasteiger partial charge in [0.25, 0.3) is 0 Å². The zero-order valence-corrected chi connectivity index (χ0v) is 11.3. The van der Waals surface area contributed by atoms with E-state index >= 15 is 0 Å². The highest BCUT2D eigenvalue weighted by molar-refractivity contribution is 5.76. The number of rotatable bonds is 4. The highest BCUT2D eigenvalue weighted by Crippen LogP contribution is 2.25. The predicted molar refractivity (Wildman–Crippen MR) is 74.2 cm³/mol. The molecule has 2 aromatic rings. The summed E-state index contributed by atoms with van der Waals surface area (Å²) in [6.45, 7) is 2.96. The molecule has 0 bridgehead atoms. The Labute approximate surface area is 116 Å². The van der Waals surface area contributed by atoms with Gasteiger partial charge in [-0.3, -0.25) is 0 Å². The lowest BCUT2D eigenvalue weighted by Gasteiger charge is -2.21. The molecule has 0 aliphatic rings. The number of hydrogen-bond donors (Lipinski definition) is 1. The van der Waals surface area contributed by atoms with E-state index in [4.69, 9.17) is 9.84 Å². The van der Waals surface area contributed by atoms with Crippen molar-refractivity contribution in [2.75, 3.05) is 0 Å². The summed E-state index contributed by atoms with van der Waals surface area (Å²) < 4.78 is 18.6. The molecule has 0 radical (unpaired) electrons. The van der Waals surface area contributed by atoms with Crippen molar-refractivity contribution in [3.8, 4) is 16.9 Å². The van der Waals surface area contributed by atoms with Gasteiger partial charge in [-0.1, -0.05) is 24.3 Å². The third-order valence-corrected chi connectivity index (χ3v) is 2.90. The van der Waals surface area contributed by atoms with Crippen LogP contribution in [0.4, 0.5) is 4.39 Å². The van der Waals surface area contributed by atoms with Crippen LogP contribution >= 0.6 is 0 Å². The Bertz CT molecular complexity index is 618. The average Bonchev–Trinajstić information content (AvgIpc) is 2.39. The molecule has 0 fully saturated rings. The molecule has 20 heavy (non-hydrogen) atoms. The largest absolute Gasteiger partial charge is 0.478 e. The Morgan fingerprint density at radius 3 is 2.30 bits per heavy atom. The van der Waals surface area contributed by atoms with Crippen LogP contribution in [0.15, 0.2) is 48.5 Å². The van der Waals surface area contributed by atoms with Gasteiger partial charge in [0.15, 0.2) is 5.60 Å². The number of aliphatic carboxylic acids is 1. The summed E-state index contributed by atoms with van der Waals surface area (Å²) >= 11 is 0. The van der Waals surface area contributed by atoms with Gasteiger partial charge >= 0.3 is 5.97 Å². The van der Waals surface area contributed by atoms with E-state index in [2.05, 4.69) is 0 Å². The maximum Gasteiger partial charge on any atom is 0.347 e. The van der Waals surface area contributed by atoms with Crippen molar-refractivity contribution in [3.05, 3.63) is 54.3 Å². The van der Waals surface area contributed by atoms with Crippen molar-refractivity contribution in [1.82, 2.24) is 0 Å². The SMILES string of the molecule is CC(C)(Oc1ccc(-c2cccc(F)c2)cc1)C(=O)O.